The number of benzene rings is 7. The molecule has 0 aliphatic carbocycles. The largest absolute Gasteiger partial charge is 0.456 e. The maximum atomic E-state index is 6.31. The van der Waals surface area contributed by atoms with Crippen LogP contribution in [-0.2, 0) is 0 Å². The van der Waals surface area contributed by atoms with Crippen LogP contribution in [0.5, 0.6) is 0 Å². The highest BCUT2D eigenvalue weighted by Gasteiger charge is 2.22. The lowest BCUT2D eigenvalue weighted by Crippen LogP contribution is -2.04. The van der Waals surface area contributed by atoms with Crippen molar-refractivity contribution >= 4 is 65.6 Å². The van der Waals surface area contributed by atoms with E-state index >= 15 is 0 Å². The van der Waals surface area contributed by atoms with Crippen molar-refractivity contribution in [1.82, 2.24) is 19.1 Å². The molecule has 0 radical (unpaired) electrons. The second-order valence-electron chi connectivity index (χ2n) is 13.0. The average molecular weight is 653 g/mol. The van der Waals surface area contributed by atoms with Gasteiger partial charge in [-0.05, 0) is 60.7 Å². The zero-order valence-electron chi connectivity index (χ0n) is 27.4. The zero-order chi connectivity index (χ0) is 33.5. The molecule has 4 aromatic heterocycles. The van der Waals surface area contributed by atoms with Crippen LogP contribution in [0.15, 0.2) is 174 Å². The first-order chi connectivity index (χ1) is 25.3. The molecule has 0 aliphatic rings. The Morgan fingerprint density at radius 1 is 0.373 bits per heavy atom. The summed E-state index contributed by atoms with van der Waals surface area (Å²) in [5, 5.41) is 6.98. The highest BCUT2D eigenvalue weighted by molar-refractivity contribution is 6.28. The smallest absolute Gasteiger partial charge is 0.235 e. The SMILES string of the molecule is c1ccc(-c2cc(-c3ccc4c(c3)oc3ccccc34)nc(-n3c4ccccc4c4c5c6ccccc6n(-c6ccccc6)c5ccc43)n2)cc1. The molecule has 0 saturated carbocycles. The summed E-state index contributed by atoms with van der Waals surface area (Å²) in [4.78, 5) is 10.6. The Hall–Kier alpha value is -6.98. The van der Waals surface area contributed by atoms with Crippen LogP contribution in [0.3, 0.4) is 0 Å². The maximum absolute atomic E-state index is 6.31. The van der Waals surface area contributed by atoms with Crippen molar-refractivity contribution in [3.63, 3.8) is 0 Å². The Labute approximate surface area is 292 Å². The summed E-state index contributed by atoms with van der Waals surface area (Å²) in [5.74, 6) is 0.619. The normalized spacial score (nSPS) is 11.9. The number of hydrogen-bond acceptors (Lipinski definition) is 3. The second-order valence-corrected chi connectivity index (χ2v) is 13.0. The van der Waals surface area contributed by atoms with Crippen molar-refractivity contribution < 1.29 is 4.42 Å². The predicted molar refractivity (Wildman–Crippen MR) is 209 cm³/mol. The van der Waals surface area contributed by atoms with Gasteiger partial charge in [-0.1, -0.05) is 109 Å². The molecule has 0 amide bonds. The monoisotopic (exact) mass is 652 g/mol. The van der Waals surface area contributed by atoms with Gasteiger partial charge in [-0.2, -0.15) is 0 Å². The lowest BCUT2D eigenvalue weighted by Gasteiger charge is -2.12. The molecular formula is C46H28N4O. The minimum absolute atomic E-state index is 0.619. The van der Waals surface area contributed by atoms with Gasteiger partial charge in [-0.25, -0.2) is 9.97 Å². The number of aromatic nitrogens is 4. The Morgan fingerprint density at radius 2 is 0.922 bits per heavy atom. The third kappa shape index (κ3) is 4.15. The second kappa shape index (κ2) is 10.8. The molecule has 7 aromatic carbocycles. The van der Waals surface area contributed by atoms with Crippen LogP contribution in [0, 0.1) is 0 Å². The molecule has 0 unspecified atom stereocenters. The minimum Gasteiger partial charge on any atom is -0.456 e. The number of furan rings is 1. The van der Waals surface area contributed by atoms with Crippen molar-refractivity contribution in [3.05, 3.63) is 170 Å². The Balaban J connectivity index is 1.22. The molecule has 11 aromatic rings. The van der Waals surface area contributed by atoms with E-state index in [1.54, 1.807) is 0 Å². The van der Waals surface area contributed by atoms with Crippen molar-refractivity contribution in [2.75, 3.05) is 0 Å². The fraction of sp³-hybridized carbons (Fsp3) is 0. The molecular weight excluding hydrogens is 625 g/mol. The van der Waals surface area contributed by atoms with E-state index in [1.807, 2.05) is 24.3 Å². The van der Waals surface area contributed by atoms with Gasteiger partial charge in [0.2, 0.25) is 5.95 Å². The Bertz CT molecular complexity index is 3130. The van der Waals surface area contributed by atoms with Gasteiger partial charge in [-0.3, -0.25) is 4.57 Å². The first-order valence-corrected chi connectivity index (χ1v) is 17.2. The summed E-state index contributed by atoms with van der Waals surface area (Å²) in [6.07, 6.45) is 0. The summed E-state index contributed by atoms with van der Waals surface area (Å²) >= 11 is 0. The quantitative estimate of drug-likeness (QED) is 0.190. The van der Waals surface area contributed by atoms with Crippen LogP contribution in [0.4, 0.5) is 0 Å². The fourth-order valence-corrected chi connectivity index (χ4v) is 7.91. The molecule has 238 valence electrons. The van der Waals surface area contributed by atoms with Gasteiger partial charge >= 0.3 is 0 Å². The van der Waals surface area contributed by atoms with E-state index in [9.17, 15) is 0 Å². The van der Waals surface area contributed by atoms with Gasteiger partial charge in [0.25, 0.3) is 0 Å². The summed E-state index contributed by atoms with van der Waals surface area (Å²) in [6, 6.07) is 59.4. The molecule has 5 nitrogen and oxygen atoms in total. The van der Waals surface area contributed by atoms with Gasteiger partial charge in [0.1, 0.15) is 11.2 Å². The van der Waals surface area contributed by atoms with Crippen molar-refractivity contribution in [2.45, 2.75) is 0 Å². The van der Waals surface area contributed by atoms with E-state index in [0.29, 0.717) is 5.95 Å². The third-order valence-electron chi connectivity index (χ3n) is 10.1. The zero-order valence-corrected chi connectivity index (χ0v) is 27.4. The van der Waals surface area contributed by atoms with Crippen LogP contribution >= 0.6 is 0 Å². The highest BCUT2D eigenvalue weighted by Crippen LogP contribution is 2.42. The number of para-hydroxylation sites is 4. The molecule has 5 heteroatoms. The van der Waals surface area contributed by atoms with Gasteiger partial charge in [-0.15, -0.1) is 0 Å². The first kappa shape index (κ1) is 27.9. The Kier molecular flexibility index (Phi) is 5.89. The average Bonchev–Trinajstić information content (AvgIpc) is 3.85. The van der Waals surface area contributed by atoms with Gasteiger partial charge in [0.05, 0.1) is 33.5 Å². The fourth-order valence-electron chi connectivity index (χ4n) is 7.91. The van der Waals surface area contributed by atoms with E-state index in [4.69, 9.17) is 14.4 Å². The number of fused-ring (bicyclic) bond motifs is 10. The summed E-state index contributed by atoms with van der Waals surface area (Å²) in [5.41, 5.74) is 11.0. The standard InChI is InChI=1S/C46H28N4O/c1-3-13-29(14-4-1)36-28-37(30-23-24-33-32-17-9-12-22-42(32)51-43(33)27-30)48-46(47-36)50-39-21-11-8-19-35(39)45-41(50)26-25-40-44(45)34-18-7-10-20-38(34)49(40)31-15-5-2-6-16-31/h1-28H. The van der Waals surface area contributed by atoms with Crippen LogP contribution < -0.4 is 0 Å². The van der Waals surface area contributed by atoms with E-state index in [1.165, 1.54) is 21.7 Å². The van der Waals surface area contributed by atoms with Gasteiger partial charge < -0.3 is 8.98 Å². The molecule has 11 rings (SSSR count). The maximum Gasteiger partial charge on any atom is 0.235 e. The molecule has 0 saturated heterocycles. The summed E-state index contributed by atoms with van der Waals surface area (Å²) in [7, 11) is 0. The molecule has 0 atom stereocenters. The molecule has 0 bridgehead atoms. The van der Waals surface area contributed by atoms with Gasteiger partial charge in [0.15, 0.2) is 0 Å². The number of nitrogens with zero attached hydrogens (tertiary/aromatic N) is 4. The van der Waals surface area contributed by atoms with Crippen molar-refractivity contribution in [1.29, 1.82) is 0 Å². The predicted octanol–water partition coefficient (Wildman–Crippen LogP) is 11.9. The lowest BCUT2D eigenvalue weighted by molar-refractivity contribution is 0.669. The van der Waals surface area contributed by atoms with Crippen molar-refractivity contribution in [3.8, 4) is 34.2 Å². The van der Waals surface area contributed by atoms with E-state index in [-0.39, 0.29) is 0 Å². The van der Waals surface area contributed by atoms with Crippen LogP contribution in [-0.4, -0.2) is 19.1 Å². The topological polar surface area (TPSA) is 48.8 Å². The number of hydrogen-bond donors (Lipinski definition) is 0. The molecule has 0 N–H and O–H groups in total. The van der Waals surface area contributed by atoms with Gasteiger partial charge in [0, 0.05) is 49.1 Å². The van der Waals surface area contributed by atoms with Crippen molar-refractivity contribution in [2.24, 2.45) is 0 Å². The number of rotatable bonds is 4. The minimum atomic E-state index is 0.619. The van der Waals surface area contributed by atoms with E-state index in [2.05, 4.69) is 155 Å². The third-order valence-corrected chi connectivity index (χ3v) is 10.1. The molecule has 51 heavy (non-hydrogen) atoms. The van der Waals surface area contributed by atoms with Crippen LogP contribution in [0.2, 0.25) is 0 Å². The van der Waals surface area contributed by atoms with Crippen LogP contribution in [0.25, 0.3) is 99.7 Å². The van der Waals surface area contributed by atoms with Crippen LogP contribution in [0.1, 0.15) is 0 Å². The Morgan fingerprint density at radius 3 is 1.65 bits per heavy atom. The lowest BCUT2D eigenvalue weighted by atomic mass is 10.1. The van der Waals surface area contributed by atoms with E-state index < -0.39 is 0 Å². The molecule has 0 fully saturated rings. The molecule has 4 heterocycles. The summed E-state index contributed by atoms with van der Waals surface area (Å²) < 4.78 is 10.9. The highest BCUT2D eigenvalue weighted by atomic mass is 16.3. The summed E-state index contributed by atoms with van der Waals surface area (Å²) in [6.45, 7) is 0. The van der Waals surface area contributed by atoms with E-state index in [0.717, 1.165) is 72.1 Å². The first-order valence-electron chi connectivity index (χ1n) is 17.2. The molecule has 0 aliphatic heterocycles. The molecule has 0 spiro atoms.